The first-order valence-corrected chi connectivity index (χ1v) is 10.9. The van der Waals surface area contributed by atoms with E-state index in [1.54, 1.807) is 27.6 Å². The van der Waals surface area contributed by atoms with Crippen molar-refractivity contribution in [3.63, 3.8) is 0 Å². The summed E-state index contributed by atoms with van der Waals surface area (Å²) in [6, 6.07) is 11.2. The van der Waals surface area contributed by atoms with Gasteiger partial charge in [-0.25, -0.2) is 0 Å². The fourth-order valence-electron chi connectivity index (χ4n) is 3.47. The minimum atomic E-state index is 0.189. The fourth-order valence-corrected chi connectivity index (χ4v) is 4.31. The molecular formula is C22H20N4O6S. The molecule has 0 unspecified atom stereocenters. The average molecular weight is 468 g/mol. The Balaban J connectivity index is 1.63. The van der Waals surface area contributed by atoms with Gasteiger partial charge >= 0.3 is 0 Å². The summed E-state index contributed by atoms with van der Waals surface area (Å²) < 4.78 is 34.4. The van der Waals surface area contributed by atoms with Crippen molar-refractivity contribution in [2.45, 2.75) is 10.9 Å². The van der Waals surface area contributed by atoms with Gasteiger partial charge in [0.1, 0.15) is 6.26 Å². The molecule has 1 aliphatic heterocycles. The number of aromatic nitrogens is 4. The molecule has 0 saturated carbocycles. The van der Waals surface area contributed by atoms with Crippen molar-refractivity contribution in [1.29, 1.82) is 0 Å². The fraction of sp³-hybridized carbons (Fsp3) is 0.227. The standard InChI is InChI=1S/C22H20N4O6S/c1-27-18-8-13(9-19(28-2)20(18)29-3)21-23-24-22(33-11-14-6-7-32-25-14)26(21)15-4-5-16-17(10-15)31-12-30-16/h4-10H,11-12H2,1-3H3. The van der Waals surface area contributed by atoms with Crippen LogP contribution in [0.1, 0.15) is 5.69 Å². The second-order valence-electron chi connectivity index (χ2n) is 6.87. The van der Waals surface area contributed by atoms with Crippen molar-refractivity contribution >= 4 is 11.8 Å². The van der Waals surface area contributed by atoms with Gasteiger partial charge in [0.15, 0.2) is 34.0 Å². The molecule has 4 aromatic rings. The lowest BCUT2D eigenvalue weighted by Crippen LogP contribution is -2.01. The third-order valence-electron chi connectivity index (χ3n) is 5.01. The highest BCUT2D eigenvalue weighted by Crippen LogP contribution is 2.42. The Hall–Kier alpha value is -3.86. The molecule has 3 heterocycles. The van der Waals surface area contributed by atoms with Gasteiger partial charge in [-0.1, -0.05) is 16.9 Å². The number of hydrogen-bond acceptors (Lipinski definition) is 10. The van der Waals surface area contributed by atoms with Crippen LogP contribution in [-0.2, 0) is 5.75 Å². The van der Waals surface area contributed by atoms with E-state index in [2.05, 4.69) is 15.4 Å². The van der Waals surface area contributed by atoms with Gasteiger partial charge in [-0.15, -0.1) is 10.2 Å². The van der Waals surface area contributed by atoms with Crippen LogP contribution >= 0.6 is 11.8 Å². The first-order chi connectivity index (χ1) is 16.2. The molecule has 5 rings (SSSR count). The van der Waals surface area contributed by atoms with E-state index in [4.69, 9.17) is 28.2 Å². The van der Waals surface area contributed by atoms with Gasteiger partial charge < -0.3 is 28.2 Å². The summed E-state index contributed by atoms with van der Waals surface area (Å²) in [6.45, 7) is 0.189. The largest absolute Gasteiger partial charge is 0.493 e. The van der Waals surface area contributed by atoms with Gasteiger partial charge in [0.25, 0.3) is 0 Å². The number of ether oxygens (including phenoxy) is 5. The minimum Gasteiger partial charge on any atom is -0.493 e. The Bertz CT molecular complexity index is 1250. The smallest absolute Gasteiger partial charge is 0.231 e. The van der Waals surface area contributed by atoms with Gasteiger partial charge in [0, 0.05) is 23.4 Å². The molecule has 0 bridgehead atoms. The number of nitrogens with zero attached hydrogens (tertiary/aromatic N) is 4. The number of fused-ring (bicyclic) bond motifs is 1. The topological polar surface area (TPSA) is 103 Å². The SMILES string of the molecule is COc1cc(-c2nnc(SCc3ccon3)n2-c2ccc3c(c2)OCO3)cc(OC)c1OC. The summed E-state index contributed by atoms with van der Waals surface area (Å²) in [5, 5.41) is 13.6. The third-order valence-corrected chi connectivity index (χ3v) is 5.97. The van der Waals surface area contributed by atoms with Crippen molar-refractivity contribution < 1.29 is 28.2 Å². The molecule has 10 nitrogen and oxygen atoms in total. The molecule has 0 radical (unpaired) electrons. The second-order valence-corrected chi connectivity index (χ2v) is 7.82. The Kier molecular flexibility index (Phi) is 5.69. The van der Waals surface area contributed by atoms with Crippen LogP contribution in [0.15, 0.2) is 52.3 Å². The molecule has 2 aromatic carbocycles. The van der Waals surface area contributed by atoms with Crippen molar-refractivity contribution in [2.24, 2.45) is 0 Å². The molecule has 0 aliphatic carbocycles. The van der Waals surface area contributed by atoms with E-state index in [1.165, 1.54) is 11.8 Å². The van der Waals surface area contributed by atoms with Gasteiger partial charge in [0.05, 0.1) is 32.7 Å². The van der Waals surface area contributed by atoms with Crippen LogP contribution in [0.5, 0.6) is 28.7 Å². The predicted octanol–water partition coefficient (Wildman–Crippen LogP) is 3.97. The van der Waals surface area contributed by atoms with E-state index >= 15 is 0 Å². The lowest BCUT2D eigenvalue weighted by Gasteiger charge is -2.15. The van der Waals surface area contributed by atoms with Crippen LogP contribution in [-0.4, -0.2) is 48.0 Å². The lowest BCUT2D eigenvalue weighted by molar-refractivity contribution is 0.174. The Labute approximate surface area is 193 Å². The predicted molar refractivity (Wildman–Crippen MR) is 119 cm³/mol. The van der Waals surface area contributed by atoms with Crippen LogP contribution in [0.3, 0.4) is 0 Å². The van der Waals surface area contributed by atoms with Crippen LogP contribution in [0.25, 0.3) is 17.1 Å². The van der Waals surface area contributed by atoms with Gasteiger partial charge in [-0.3, -0.25) is 4.57 Å². The van der Waals surface area contributed by atoms with Gasteiger partial charge in [-0.2, -0.15) is 0 Å². The molecule has 11 heteroatoms. The Morgan fingerprint density at radius 2 is 1.73 bits per heavy atom. The average Bonchev–Trinajstić information content (AvgIpc) is 3.61. The molecule has 0 N–H and O–H groups in total. The van der Waals surface area contributed by atoms with Crippen molar-refractivity contribution in [1.82, 2.24) is 19.9 Å². The van der Waals surface area contributed by atoms with Crippen LogP contribution in [0.2, 0.25) is 0 Å². The molecule has 33 heavy (non-hydrogen) atoms. The van der Waals surface area contributed by atoms with Crippen molar-refractivity contribution in [2.75, 3.05) is 28.1 Å². The maximum absolute atomic E-state index is 5.58. The first-order valence-electron chi connectivity index (χ1n) is 9.89. The molecular weight excluding hydrogens is 448 g/mol. The van der Waals surface area contributed by atoms with Crippen LogP contribution in [0, 0.1) is 0 Å². The molecule has 1 aliphatic rings. The van der Waals surface area contributed by atoms with Crippen molar-refractivity contribution in [3.8, 4) is 45.8 Å². The number of hydrogen-bond donors (Lipinski definition) is 0. The maximum Gasteiger partial charge on any atom is 0.231 e. The zero-order chi connectivity index (χ0) is 22.8. The quantitative estimate of drug-likeness (QED) is 0.353. The van der Waals surface area contributed by atoms with E-state index in [0.29, 0.717) is 45.5 Å². The monoisotopic (exact) mass is 468 g/mol. The summed E-state index contributed by atoms with van der Waals surface area (Å²) in [5.74, 6) is 4.04. The van der Waals surface area contributed by atoms with Crippen LogP contribution < -0.4 is 23.7 Å². The first kappa shape index (κ1) is 21.0. The summed E-state index contributed by atoms with van der Waals surface area (Å²) in [6.07, 6.45) is 1.54. The summed E-state index contributed by atoms with van der Waals surface area (Å²) >= 11 is 1.48. The van der Waals surface area contributed by atoms with E-state index in [0.717, 1.165) is 16.9 Å². The molecule has 0 fully saturated rings. The van der Waals surface area contributed by atoms with Gasteiger partial charge in [-0.05, 0) is 24.3 Å². The molecule has 0 amide bonds. The molecule has 0 spiro atoms. The number of methoxy groups -OCH3 is 3. The van der Waals surface area contributed by atoms with E-state index < -0.39 is 0 Å². The molecule has 0 saturated heterocycles. The van der Waals surface area contributed by atoms with E-state index in [-0.39, 0.29) is 6.79 Å². The van der Waals surface area contributed by atoms with Crippen LogP contribution in [0.4, 0.5) is 0 Å². The summed E-state index contributed by atoms with van der Waals surface area (Å²) in [4.78, 5) is 0. The minimum absolute atomic E-state index is 0.189. The zero-order valence-electron chi connectivity index (χ0n) is 18.1. The number of thioether (sulfide) groups is 1. The third kappa shape index (κ3) is 3.91. The normalized spacial score (nSPS) is 12.1. The lowest BCUT2D eigenvalue weighted by atomic mass is 10.1. The number of rotatable bonds is 8. The maximum atomic E-state index is 5.58. The number of benzene rings is 2. The Morgan fingerprint density at radius 3 is 2.42 bits per heavy atom. The summed E-state index contributed by atoms with van der Waals surface area (Å²) in [7, 11) is 4.71. The highest BCUT2D eigenvalue weighted by molar-refractivity contribution is 7.98. The van der Waals surface area contributed by atoms with E-state index in [1.807, 2.05) is 41.0 Å². The second kappa shape index (κ2) is 8.94. The van der Waals surface area contributed by atoms with E-state index in [9.17, 15) is 0 Å². The molecule has 2 aromatic heterocycles. The van der Waals surface area contributed by atoms with Crippen molar-refractivity contribution in [3.05, 3.63) is 48.4 Å². The zero-order valence-corrected chi connectivity index (χ0v) is 18.9. The molecule has 170 valence electrons. The Morgan fingerprint density at radius 1 is 0.939 bits per heavy atom. The highest BCUT2D eigenvalue weighted by atomic mass is 32.2. The molecule has 0 atom stereocenters. The van der Waals surface area contributed by atoms with Gasteiger partial charge in [0.2, 0.25) is 12.5 Å². The highest BCUT2D eigenvalue weighted by Gasteiger charge is 2.23. The summed E-state index contributed by atoms with van der Waals surface area (Å²) in [5.41, 5.74) is 2.35.